The summed E-state index contributed by atoms with van der Waals surface area (Å²) < 4.78 is 32.3. The minimum Gasteiger partial charge on any atom is -0.490 e. The van der Waals surface area contributed by atoms with Gasteiger partial charge in [-0.15, -0.1) is 0 Å². The summed E-state index contributed by atoms with van der Waals surface area (Å²) in [6.45, 7) is 3.98. The van der Waals surface area contributed by atoms with Crippen molar-refractivity contribution >= 4 is 5.91 Å². The van der Waals surface area contributed by atoms with E-state index in [0.717, 1.165) is 5.56 Å². The van der Waals surface area contributed by atoms with E-state index in [-0.39, 0.29) is 30.1 Å². The molecule has 0 aliphatic heterocycles. The zero-order valence-corrected chi connectivity index (χ0v) is 14.9. The van der Waals surface area contributed by atoms with Crippen LogP contribution in [0.15, 0.2) is 48.5 Å². The van der Waals surface area contributed by atoms with Crippen LogP contribution in [0.1, 0.15) is 29.9 Å². The van der Waals surface area contributed by atoms with Gasteiger partial charge in [-0.1, -0.05) is 12.1 Å². The number of aromatic nitrogens is 2. The third-order valence-electron chi connectivity index (χ3n) is 3.77. The average Bonchev–Trinajstić information content (AvgIpc) is 3.12. The summed E-state index contributed by atoms with van der Waals surface area (Å²) in [5.41, 5.74) is 1.85. The number of carbonyl (C=O) groups is 1. The van der Waals surface area contributed by atoms with Gasteiger partial charge in [0.05, 0.1) is 11.8 Å². The van der Waals surface area contributed by atoms with Gasteiger partial charge in [-0.2, -0.15) is 5.10 Å². The molecule has 0 atom stereocenters. The molecule has 1 heterocycles. The van der Waals surface area contributed by atoms with Crippen LogP contribution in [0.3, 0.4) is 0 Å². The van der Waals surface area contributed by atoms with E-state index >= 15 is 0 Å². The number of carbonyl (C=O) groups excluding carboxylic acids is 1. The van der Waals surface area contributed by atoms with E-state index in [1.54, 1.807) is 12.1 Å². The lowest BCUT2D eigenvalue weighted by atomic mass is 10.1. The highest BCUT2D eigenvalue weighted by Crippen LogP contribution is 2.30. The lowest BCUT2D eigenvalue weighted by molar-refractivity contribution is 0.0946. The lowest BCUT2D eigenvalue weighted by Crippen LogP contribution is -2.23. The highest BCUT2D eigenvalue weighted by Gasteiger charge is 2.15. The summed E-state index contributed by atoms with van der Waals surface area (Å²) in [5, 5.41) is 9.47. The molecular formula is C20H19F2N3O2. The van der Waals surface area contributed by atoms with Crippen molar-refractivity contribution in [2.24, 2.45) is 0 Å². The van der Waals surface area contributed by atoms with Crippen LogP contribution in [0.4, 0.5) is 8.78 Å². The Morgan fingerprint density at radius 2 is 1.81 bits per heavy atom. The maximum Gasteiger partial charge on any atom is 0.269 e. The second kappa shape index (κ2) is 7.99. The molecule has 27 heavy (non-hydrogen) atoms. The summed E-state index contributed by atoms with van der Waals surface area (Å²) in [7, 11) is 0. The van der Waals surface area contributed by atoms with E-state index in [9.17, 15) is 13.6 Å². The predicted molar refractivity (Wildman–Crippen MR) is 97.3 cm³/mol. The summed E-state index contributed by atoms with van der Waals surface area (Å²) in [4.78, 5) is 12.3. The number of H-pyrrole nitrogens is 1. The van der Waals surface area contributed by atoms with Gasteiger partial charge < -0.3 is 10.1 Å². The van der Waals surface area contributed by atoms with Gasteiger partial charge in [-0.25, -0.2) is 8.78 Å². The van der Waals surface area contributed by atoms with Gasteiger partial charge in [0.15, 0.2) is 0 Å². The Kier molecular flexibility index (Phi) is 5.49. The van der Waals surface area contributed by atoms with Crippen molar-refractivity contribution in [1.82, 2.24) is 15.5 Å². The molecule has 0 unspecified atom stereocenters. The minimum atomic E-state index is -0.425. The van der Waals surface area contributed by atoms with Crippen LogP contribution in [0.25, 0.3) is 11.3 Å². The molecular weight excluding hydrogens is 352 g/mol. The Morgan fingerprint density at radius 1 is 1.11 bits per heavy atom. The minimum absolute atomic E-state index is 0.0911. The normalized spacial score (nSPS) is 10.9. The second-order valence-corrected chi connectivity index (χ2v) is 6.28. The molecule has 0 saturated heterocycles. The van der Waals surface area contributed by atoms with E-state index in [1.165, 1.54) is 36.4 Å². The van der Waals surface area contributed by atoms with E-state index in [4.69, 9.17) is 4.74 Å². The Labute approximate surface area is 155 Å². The van der Waals surface area contributed by atoms with Crippen LogP contribution in [-0.2, 0) is 6.54 Å². The fourth-order valence-electron chi connectivity index (χ4n) is 2.51. The number of benzene rings is 2. The largest absolute Gasteiger partial charge is 0.490 e. The van der Waals surface area contributed by atoms with Crippen LogP contribution >= 0.6 is 0 Å². The van der Waals surface area contributed by atoms with Crippen LogP contribution < -0.4 is 10.1 Å². The van der Waals surface area contributed by atoms with Crippen molar-refractivity contribution in [3.05, 3.63) is 71.4 Å². The molecule has 1 amide bonds. The van der Waals surface area contributed by atoms with E-state index in [2.05, 4.69) is 15.5 Å². The topological polar surface area (TPSA) is 67.0 Å². The molecule has 0 saturated carbocycles. The quantitative estimate of drug-likeness (QED) is 0.686. The van der Waals surface area contributed by atoms with Gasteiger partial charge in [-0.05, 0) is 55.8 Å². The second-order valence-electron chi connectivity index (χ2n) is 6.28. The SMILES string of the molecule is CC(C)Oc1ccc(F)cc1-c1cc(C(=O)NCc2ccc(F)cc2)[nH]n1. The van der Waals surface area contributed by atoms with Gasteiger partial charge in [0, 0.05) is 12.1 Å². The number of aromatic amines is 1. The van der Waals surface area contributed by atoms with Gasteiger partial charge in [0.2, 0.25) is 0 Å². The first-order valence-corrected chi connectivity index (χ1v) is 8.47. The van der Waals surface area contributed by atoms with Crippen molar-refractivity contribution in [3.63, 3.8) is 0 Å². The van der Waals surface area contributed by atoms with Crippen molar-refractivity contribution in [2.45, 2.75) is 26.5 Å². The molecule has 0 radical (unpaired) electrons. The predicted octanol–water partition coefficient (Wildman–Crippen LogP) is 4.07. The highest BCUT2D eigenvalue weighted by molar-refractivity contribution is 5.93. The molecule has 140 valence electrons. The van der Waals surface area contributed by atoms with E-state index < -0.39 is 5.82 Å². The number of halogens is 2. The Balaban J connectivity index is 1.75. The monoisotopic (exact) mass is 371 g/mol. The van der Waals surface area contributed by atoms with E-state index in [0.29, 0.717) is 17.0 Å². The molecule has 1 aromatic heterocycles. The fraction of sp³-hybridized carbons (Fsp3) is 0.200. The molecule has 0 fully saturated rings. The maximum atomic E-state index is 13.7. The Morgan fingerprint density at radius 3 is 2.52 bits per heavy atom. The number of nitrogens with zero attached hydrogens (tertiary/aromatic N) is 1. The smallest absolute Gasteiger partial charge is 0.269 e. The summed E-state index contributed by atoms with van der Waals surface area (Å²) in [5.74, 6) is -0.652. The number of hydrogen-bond donors (Lipinski definition) is 2. The van der Waals surface area contributed by atoms with Crippen molar-refractivity contribution in [2.75, 3.05) is 0 Å². The first-order chi connectivity index (χ1) is 12.9. The number of nitrogens with one attached hydrogen (secondary N) is 2. The van der Waals surface area contributed by atoms with Crippen molar-refractivity contribution in [1.29, 1.82) is 0 Å². The Hall–Kier alpha value is -3.22. The van der Waals surface area contributed by atoms with Crippen molar-refractivity contribution < 1.29 is 18.3 Å². The number of hydrogen-bond acceptors (Lipinski definition) is 3. The van der Waals surface area contributed by atoms with Gasteiger partial charge in [-0.3, -0.25) is 9.89 Å². The Bertz CT molecular complexity index is 937. The number of amides is 1. The van der Waals surface area contributed by atoms with Gasteiger partial charge in [0.1, 0.15) is 23.1 Å². The molecule has 3 aromatic rings. The zero-order valence-electron chi connectivity index (χ0n) is 14.9. The van der Waals surface area contributed by atoms with Crippen LogP contribution in [0.5, 0.6) is 5.75 Å². The maximum absolute atomic E-state index is 13.7. The summed E-state index contributed by atoms with van der Waals surface area (Å²) >= 11 is 0. The lowest BCUT2D eigenvalue weighted by Gasteiger charge is -2.13. The number of rotatable bonds is 6. The molecule has 0 aliphatic rings. The van der Waals surface area contributed by atoms with Crippen molar-refractivity contribution in [3.8, 4) is 17.0 Å². The third-order valence-corrected chi connectivity index (χ3v) is 3.77. The first-order valence-electron chi connectivity index (χ1n) is 8.47. The molecule has 0 aliphatic carbocycles. The molecule has 0 bridgehead atoms. The van der Waals surface area contributed by atoms with Crippen LogP contribution in [0, 0.1) is 11.6 Å². The molecule has 3 rings (SSSR count). The van der Waals surface area contributed by atoms with E-state index in [1.807, 2.05) is 13.8 Å². The summed E-state index contributed by atoms with van der Waals surface area (Å²) in [6, 6.07) is 11.5. The molecule has 0 spiro atoms. The zero-order chi connectivity index (χ0) is 19.4. The molecule has 7 heteroatoms. The highest BCUT2D eigenvalue weighted by atomic mass is 19.1. The molecule has 2 aromatic carbocycles. The standard InChI is InChI=1S/C20H19F2N3O2/c1-12(2)27-19-8-7-15(22)9-16(19)17-10-18(25-24-17)20(26)23-11-13-3-5-14(21)6-4-13/h3-10,12H,11H2,1-2H3,(H,23,26)(H,24,25). The fourth-order valence-corrected chi connectivity index (χ4v) is 2.51. The van der Waals surface area contributed by atoms with Gasteiger partial charge >= 0.3 is 0 Å². The van der Waals surface area contributed by atoms with Crippen LogP contribution in [-0.4, -0.2) is 22.2 Å². The number of ether oxygens (including phenoxy) is 1. The van der Waals surface area contributed by atoms with Crippen LogP contribution in [0.2, 0.25) is 0 Å². The average molecular weight is 371 g/mol. The molecule has 5 nitrogen and oxygen atoms in total. The summed E-state index contributed by atoms with van der Waals surface area (Å²) in [6.07, 6.45) is -0.0911. The first kappa shape index (κ1) is 18.6. The molecule has 2 N–H and O–H groups in total. The van der Waals surface area contributed by atoms with Gasteiger partial charge in [0.25, 0.3) is 5.91 Å². The third kappa shape index (κ3) is 4.69.